The Kier molecular flexibility index (Phi) is 12.5. The van der Waals surface area contributed by atoms with Gasteiger partial charge in [0.05, 0.1) is 19.4 Å². The normalized spacial score (nSPS) is 7.88. The minimum Gasteiger partial charge on any atom is -0.395 e. The van der Waals surface area contributed by atoms with Crippen molar-refractivity contribution in [2.24, 2.45) is 0 Å². The molecule has 0 aliphatic heterocycles. The van der Waals surface area contributed by atoms with Crippen LogP contribution in [0.1, 0.15) is 51.9 Å². The van der Waals surface area contributed by atoms with Crippen LogP contribution < -0.4 is 0 Å². The highest BCUT2D eigenvalue weighted by Crippen LogP contribution is 1.96. The third-order valence-electron chi connectivity index (χ3n) is 1.87. The Balaban J connectivity index is 3.43. The third kappa shape index (κ3) is 12.6. The Labute approximate surface area is 99.6 Å². The molecular formula is C15H20O. The van der Waals surface area contributed by atoms with Crippen LogP contribution in [0.5, 0.6) is 0 Å². The van der Waals surface area contributed by atoms with Gasteiger partial charge in [0.15, 0.2) is 0 Å². The summed E-state index contributed by atoms with van der Waals surface area (Å²) in [6.07, 6.45) is 6.47. The van der Waals surface area contributed by atoms with Gasteiger partial charge >= 0.3 is 0 Å². The van der Waals surface area contributed by atoms with E-state index in [2.05, 4.69) is 42.4 Å². The van der Waals surface area contributed by atoms with Gasteiger partial charge in [-0.05, 0) is 6.42 Å². The van der Waals surface area contributed by atoms with E-state index in [1.807, 2.05) is 0 Å². The van der Waals surface area contributed by atoms with Crippen LogP contribution >= 0.6 is 0 Å². The summed E-state index contributed by atoms with van der Waals surface area (Å²) in [5.74, 6) is 17.7. The molecule has 0 saturated carbocycles. The number of aliphatic hydroxyl groups excluding tert-OH is 1. The van der Waals surface area contributed by atoms with Crippen molar-refractivity contribution in [3.63, 3.8) is 0 Å². The topological polar surface area (TPSA) is 20.2 Å². The third-order valence-corrected chi connectivity index (χ3v) is 1.87. The van der Waals surface area contributed by atoms with Gasteiger partial charge < -0.3 is 5.11 Å². The van der Waals surface area contributed by atoms with Crippen molar-refractivity contribution in [3.05, 3.63) is 0 Å². The zero-order valence-corrected chi connectivity index (χ0v) is 10.1. The summed E-state index contributed by atoms with van der Waals surface area (Å²) < 4.78 is 0. The fraction of sp³-hybridized carbons (Fsp3) is 0.600. The Bertz CT molecular complexity index is 322. The van der Waals surface area contributed by atoms with Crippen LogP contribution in [0.25, 0.3) is 0 Å². The number of hydrogen-bond acceptors (Lipinski definition) is 1. The lowest BCUT2D eigenvalue weighted by atomic mass is 10.2. The monoisotopic (exact) mass is 216 g/mol. The van der Waals surface area contributed by atoms with Gasteiger partial charge in [-0.1, -0.05) is 49.4 Å². The van der Waals surface area contributed by atoms with E-state index >= 15 is 0 Å². The number of rotatable bonds is 4. The molecule has 0 aromatic heterocycles. The van der Waals surface area contributed by atoms with Crippen LogP contribution in [0.3, 0.4) is 0 Å². The van der Waals surface area contributed by atoms with Crippen LogP contribution in [-0.4, -0.2) is 11.7 Å². The van der Waals surface area contributed by atoms with Gasteiger partial charge in [0.25, 0.3) is 0 Å². The second-order valence-electron chi connectivity index (χ2n) is 3.34. The van der Waals surface area contributed by atoms with E-state index in [0.29, 0.717) is 19.3 Å². The van der Waals surface area contributed by atoms with E-state index in [4.69, 9.17) is 5.11 Å². The first-order valence-electron chi connectivity index (χ1n) is 5.89. The molecule has 0 spiro atoms. The van der Waals surface area contributed by atoms with Gasteiger partial charge in [0.2, 0.25) is 0 Å². The molecule has 0 fully saturated rings. The molecule has 86 valence electrons. The van der Waals surface area contributed by atoms with Crippen LogP contribution in [0.2, 0.25) is 0 Å². The summed E-state index contributed by atoms with van der Waals surface area (Å²) in [7, 11) is 0. The van der Waals surface area contributed by atoms with Crippen molar-refractivity contribution in [2.75, 3.05) is 6.61 Å². The summed E-state index contributed by atoms with van der Waals surface area (Å²) in [5.41, 5.74) is 0. The SMILES string of the molecule is CCCCCC#CCC#CCC#CCCO. The first-order valence-corrected chi connectivity index (χ1v) is 5.89. The molecular weight excluding hydrogens is 196 g/mol. The molecule has 0 bridgehead atoms. The lowest BCUT2D eigenvalue weighted by molar-refractivity contribution is 0.305. The van der Waals surface area contributed by atoms with Gasteiger partial charge in [-0.2, -0.15) is 0 Å². The quantitative estimate of drug-likeness (QED) is 0.566. The van der Waals surface area contributed by atoms with E-state index in [1.165, 1.54) is 19.3 Å². The van der Waals surface area contributed by atoms with Crippen molar-refractivity contribution >= 4 is 0 Å². The molecule has 0 saturated heterocycles. The fourth-order valence-electron chi connectivity index (χ4n) is 1.03. The molecule has 0 atom stereocenters. The van der Waals surface area contributed by atoms with Gasteiger partial charge in [-0.25, -0.2) is 0 Å². The smallest absolute Gasteiger partial charge is 0.0703 e. The predicted molar refractivity (Wildman–Crippen MR) is 68.4 cm³/mol. The average Bonchev–Trinajstić information content (AvgIpc) is 2.31. The number of unbranched alkanes of at least 4 members (excludes halogenated alkanes) is 3. The Morgan fingerprint density at radius 1 is 0.750 bits per heavy atom. The molecule has 0 rings (SSSR count). The minimum absolute atomic E-state index is 0.129. The van der Waals surface area contributed by atoms with E-state index in [1.54, 1.807) is 0 Å². The van der Waals surface area contributed by atoms with E-state index in [-0.39, 0.29) is 6.61 Å². The standard InChI is InChI=1S/C15H20O/c1-2-3-4-5-6-7-8-9-10-11-12-13-14-15-16/h16H,2-5,8,11,14-15H2,1H3. The van der Waals surface area contributed by atoms with E-state index in [9.17, 15) is 0 Å². The van der Waals surface area contributed by atoms with Gasteiger partial charge in [-0.3, -0.25) is 0 Å². The maximum atomic E-state index is 8.47. The molecule has 0 aliphatic carbocycles. The van der Waals surface area contributed by atoms with Crippen LogP contribution in [0, 0.1) is 35.5 Å². The second-order valence-corrected chi connectivity index (χ2v) is 3.34. The highest BCUT2D eigenvalue weighted by Gasteiger charge is 1.79. The molecule has 1 heteroatoms. The molecule has 0 aromatic rings. The Morgan fingerprint density at radius 3 is 1.88 bits per heavy atom. The molecule has 1 N–H and O–H groups in total. The maximum absolute atomic E-state index is 8.47. The lowest BCUT2D eigenvalue weighted by Crippen LogP contribution is -1.75. The average molecular weight is 216 g/mol. The first kappa shape index (κ1) is 14.6. The summed E-state index contributed by atoms with van der Waals surface area (Å²) in [6, 6.07) is 0. The zero-order chi connectivity index (χ0) is 11.9. The second kappa shape index (κ2) is 13.6. The molecule has 0 radical (unpaired) electrons. The van der Waals surface area contributed by atoms with Gasteiger partial charge in [-0.15, -0.1) is 5.92 Å². The maximum Gasteiger partial charge on any atom is 0.0703 e. The van der Waals surface area contributed by atoms with Crippen molar-refractivity contribution in [2.45, 2.75) is 51.9 Å². The van der Waals surface area contributed by atoms with Crippen molar-refractivity contribution < 1.29 is 5.11 Å². The van der Waals surface area contributed by atoms with Crippen LogP contribution in [0.4, 0.5) is 0 Å². The zero-order valence-electron chi connectivity index (χ0n) is 10.1. The van der Waals surface area contributed by atoms with Crippen LogP contribution in [0.15, 0.2) is 0 Å². The number of hydrogen-bond donors (Lipinski definition) is 1. The molecule has 0 heterocycles. The minimum atomic E-state index is 0.129. The summed E-state index contributed by atoms with van der Waals surface area (Å²) in [6.45, 7) is 2.32. The molecule has 0 amide bonds. The molecule has 0 unspecified atom stereocenters. The highest BCUT2D eigenvalue weighted by molar-refractivity contribution is 5.16. The molecule has 0 aromatic carbocycles. The largest absolute Gasteiger partial charge is 0.395 e. The number of aliphatic hydroxyl groups is 1. The predicted octanol–water partition coefficient (Wildman–Crippen LogP) is 2.74. The molecule has 1 nitrogen and oxygen atoms in total. The van der Waals surface area contributed by atoms with E-state index in [0.717, 1.165) is 6.42 Å². The summed E-state index contributed by atoms with van der Waals surface area (Å²) in [5, 5.41) is 8.47. The van der Waals surface area contributed by atoms with E-state index < -0.39 is 0 Å². The van der Waals surface area contributed by atoms with Crippen molar-refractivity contribution in [1.29, 1.82) is 0 Å². The van der Waals surface area contributed by atoms with Gasteiger partial charge in [0.1, 0.15) is 0 Å². The highest BCUT2D eigenvalue weighted by atomic mass is 16.2. The van der Waals surface area contributed by atoms with Gasteiger partial charge in [0, 0.05) is 12.8 Å². The Hall–Kier alpha value is -1.36. The Morgan fingerprint density at radius 2 is 1.31 bits per heavy atom. The van der Waals surface area contributed by atoms with Crippen molar-refractivity contribution in [3.8, 4) is 35.5 Å². The summed E-state index contributed by atoms with van der Waals surface area (Å²) in [4.78, 5) is 0. The molecule has 0 aliphatic rings. The van der Waals surface area contributed by atoms with Crippen molar-refractivity contribution in [1.82, 2.24) is 0 Å². The summed E-state index contributed by atoms with van der Waals surface area (Å²) >= 11 is 0. The fourth-order valence-corrected chi connectivity index (χ4v) is 1.03. The van der Waals surface area contributed by atoms with Crippen LogP contribution in [-0.2, 0) is 0 Å². The lowest BCUT2D eigenvalue weighted by Gasteiger charge is -1.87. The first-order chi connectivity index (χ1) is 7.91. The molecule has 16 heavy (non-hydrogen) atoms.